The number of ether oxygens (including phenoxy) is 1. The van der Waals surface area contributed by atoms with Crippen molar-refractivity contribution in [2.24, 2.45) is 29.1 Å². The summed E-state index contributed by atoms with van der Waals surface area (Å²) in [7, 11) is 0. The van der Waals surface area contributed by atoms with Crippen LogP contribution in [0.1, 0.15) is 25.7 Å². The zero-order chi connectivity index (χ0) is 13.5. The van der Waals surface area contributed by atoms with Gasteiger partial charge in [-0.15, -0.1) is 0 Å². The van der Waals surface area contributed by atoms with E-state index in [0.29, 0.717) is 23.8 Å². The number of fused-ring (bicyclic) bond motifs is 3. The average Bonchev–Trinajstić information content (AvgIpc) is 2.73. The van der Waals surface area contributed by atoms with E-state index in [2.05, 4.69) is 12.2 Å². The molecule has 20 heavy (non-hydrogen) atoms. The third kappa shape index (κ3) is 1.18. The Balaban J connectivity index is 1.44. The molecule has 106 valence electrons. The van der Waals surface area contributed by atoms with Crippen LogP contribution < -0.4 is 0 Å². The molecule has 0 aromatic heterocycles. The van der Waals surface area contributed by atoms with Crippen LogP contribution in [0.5, 0.6) is 0 Å². The largest absolute Gasteiger partial charge is 0.376 e. The lowest BCUT2D eigenvalue weighted by atomic mass is 9.85. The second-order valence-corrected chi connectivity index (χ2v) is 7.14. The van der Waals surface area contributed by atoms with Crippen LogP contribution in [0, 0.1) is 29.1 Å². The summed E-state index contributed by atoms with van der Waals surface area (Å²) in [5, 5.41) is 0. The number of hydrogen-bond donors (Lipinski definition) is 0. The highest BCUT2D eigenvalue weighted by atomic mass is 16.5. The number of amides is 2. The molecule has 2 bridgehead atoms. The number of carbonyl (C=O) groups excluding carboxylic acids is 2. The first-order valence-corrected chi connectivity index (χ1v) is 7.87. The Bertz CT molecular complexity index is 496. The highest BCUT2D eigenvalue weighted by Crippen LogP contribution is 2.73. The minimum Gasteiger partial charge on any atom is -0.376 e. The number of rotatable bonds is 2. The Labute approximate surface area is 118 Å². The first kappa shape index (κ1) is 11.5. The van der Waals surface area contributed by atoms with E-state index >= 15 is 0 Å². The third-order valence-corrected chi connectivity index (χ3v) is 6.35. The van der Waals surface area contributed by atoms with Crippen LogP contribution >= 0.6 is 0 Å². The fourth-order valence-electron chi connectivity index (χ4n) is 5.31. The molecule has 4 heteroatoms. The van der Waals surface area contributed by atoms with Gasteiger partial charge < -0.3 is 4.74 Å². The number of carbonyl (C=O) groups is 2. The van der Waals surface area contributed by atoms with Crippen molar-refractivity contribution in [3.63, 3.8) is 0 Å². The van der Waals surface area contributed by atoms with E-state index in [-0.39, 0.29) is 29.8 Å². The molecule has 0 aromatic rings. The molecule has 2 saturated carbocycles. The molecular weight excluding hydrogens is 254 g/mol. The lowest BCUT2D eigenvalue weighted by molar-refractivity contribution is -0.143. The van der Waals surface area contributed by atoms with Crippen LogP contribution in [0.2, 0.25) is 0 Å². The standard InChI is InChI=1S/C16H19NO3/c18-14-12-10-3-4-11(16(10)5-6-16)13(12)15(19)17(14)8-9-2-1-7-20-9/h3-4,9-13H,1-2,5-8H2/t9-,10+,11+,12+,13+/m1/s1. The van der Waals surface area contributed by atoms with Gasteiger partial charge in [0.25, 0.3) is 0 Å². The highest BCUT2D eigenvalue weighted by molar-refractivity contribution is 6.06. The molecule has 0 aromatic carbocycles. The molecule has 2 saturated heterocycles. The molecule has 2 amide bonds. The Kier molecular flexibility index (Phi) is 2.03. The summed E-state index contributed by atoms with van der Waals surface area (Å²) in [5.74, 6) is 0.729. The minimum atomic E-state index is -0.0543. The van der Waals surface area contributed by atoms with Gasteiger partial charge in [-0.25, -0.2) is 0 Å². The van der Waals surface area contributed by atoms with Crippen LogP contribution in [-0.2, 0) is 14.3 Å². The molecule has 5 aliphatic rings. The van der Waals surface area contributed by atoms with Crippen LogP contribution in [-0.4, -0.2) is 36.0 Å². The van der Waals surface area contributed by atoms with Crippen molar-refractivity contribution in [1.29, 1.82) is 0 Å². The van der Waals surface area contributed by atoms with Crippen LogP contribution in [0.15, 0.2) is 12.2 Å². The Morgan fingerprint density at radius 2 is 1.80 bits per heavy atom. The van der Waals surface area contributed by atoms with E-state index in [1.54, 1.807) is 0 Å². The van der Waals surface area contributed by atoms with Crippen molar-refractivity contribution in [3.8, 4) is 0 Å². The third-order valence-electron chi connectivity index (χ3n) is 6.35. The normalized spacial score (nSPS) is 46.8. The Morgan fingerprint density at radius 1 is 1.15 bits per heavy atom. The molecule has 2 heterocycles. The molecule has 0 radical (unpaired) electrons. The maximum atomic E-state index is 12.7. The second-order valence-electron chi connectivity index (χ2n) is 7.14. The molecular formula is C16H19NO3. The lowest BCUT2D eigenvalue weighted by Gasteiger charge is -2.23. The summed E-state index contributed by atoms with van der Waals surface area (Å²) in [6, 6.07) is 0. The average molecular weight is 273 g/mol. The zero-order valence-electron chi connectivity index (χ0n) is 11.5. The van der Waals surface area contributed by atoms with Gasteiger partial charge in [-0.1, -0.05) is 12.2 Å². The SMILES string of the molecule is O=C1[C@@H]2[C@@H](C(=O)N1C[C@H]1CCCO1)[C@@H]1C=C[C@@H]2C12CC2. The smallest absolute Gasteiger partial charge is 0.233 e. The minimum absolute atomic E-state index is 0.0543. The maximum Gasteiger partial charge on any atom is 0.233 e. The summed E-state index contributed by atoms with van der Waals surface area (Å²) < 4.78 is 5.59. The molecule has 4 fully saturated rings. The maximum absolute atomic E-state index is 12.7. The summed E-state index contributed by atoms with van der Waals surface area (Å²) in [6.07, 6.45) is 8.94. The highest BCUT2D eigenvalue weighted by Gasteiger charge is 2.73. The molecule has 0 N–H and O–H groups in total. The molecule has 3 aliphatic carbocycles. The molecule has 0 unspecified atom stereocenters. The van der Waals surface area contributed by atoms with Crippen molar-refractivity contribution in [3.05, 3.63) is 12.2 Å². The number of nitrogens with zero attached hydrogens (tertiary/aromatic N) is 1. The van der Waals surface area contributed by atoms with Gasteiger partial charge in [-0.05, 0) is 42.9 Å². The quantitative estimate of drug-likeness (QED) is 0.564. The molecule has 1 spiro atoms. The first-order valence-electron chi connectivity index (χ1n) is 7.87. The van der Waals surface area contributed by atoms with Crippen molar-refractivity contribution in [2.75, 3.05) is 13.2 Å². The molecule has 2 aliphatic heterocycles. The predicted octanol–water partition coefficient (Wildman–Crippen LogP) is 1.36. The van der Waals surface area contributed by atoms with Crippen LogP contribution in [0.25, 0.3) is 0 Å². The van der Waals surface area contributed by atoms with Gasteiger partial charge >= 0.3 is 0 Å². The number of likely N-dealkylation sites (tertiary alicyclic amines) is 1. The van der Waals surface area contributed by atoms with Crippen LogP contribution in [0.4, 0.5) is 0 Å². The predicted molar refractivity (Wildman–Crippen MR) is 70.5 cm³/mol. The van der Waals surface area contributed by atoms with Gasteiger partial charge in [0.1, 0.15) is 0 Å². The monoisotopic (exact) mass is 273 g/mol. The second kappa shape index (κ2) is 3.53. The number of allylic oxidation sites excluding steroid dienone is 2. The van der Waals surface area contributed by atoms with Crippen molar-refractivity contribution >= 4 is 11.8 Å². The van der Waals surface area contributed by atoms with Gasteiger partial charge in [0, 0.05) is 6.61 Å². The Morgan fingerprint density at radius 3 is 2.30 bits per heavy atom. The molecule has 5 atom stereocenters. The number of imide groups is 1. The van der Waals surface area contributed by atoms with E-state index in [1.807, 2.05) is 0 Å². The zero-order valence-corrected chi connectivity index (χ0v) is 11.5. The number of hydrogen-bond acceptors (Lipinski definition) is 3. The van der Waals surface area contributed by atoms with Crippen molar-refractivity contribution < 1.29 is 14.3 Å². The van der Waals surface area contributed by atoms with Gasteiger partial charge in [-0.3, -0.25) is 14.5 Å². The first-order chi connectivity index (χ1) is 9.72. The van der Waals surface area contributed by atoms with Crippen LogP contribution in [0.3, 0.4) is 0 Å². The van der Waals surface area contributed by atoms with Crippen molar-refractivity contribution in [2.45, 2.75) is 31.8 Å². The van der Waals surface area contributed by atoms with E-state index in [9.17, 15) is 9.59 Å². The molecule has 4 nitrogen and oxygen atoms in total. The van der Waals surface area contributed by atoms with E-state index in [4.69, 9.17) is 4.74 Å². The molecule has 5 rings (SSSR count). The summed E-state index contributed by atoms with van der Waals surface area (Å²) >= 11 is 0. The van der Waals surface area contributed by atoms with Gasteiger partial charge in [0.05, 0.1) is 24.5 Å². The lowest BCUT2D eigenvalue weighted by Crippen LogP contribution is -2.39. The summed E-state index contributed by atoms with van der Waals surface area (Å²) in [4.78, 5) is 26.9. The summed E-state index contributed by atoms with van der Waals surface area (Å²) in [6.45, 7) is 1.25. The van der Waals surface area contributed by atoms with E-state index in [0.717, 1.165) is 19.4 Å². The fourth-order valence-corrected chi connectivity index (χ4v) is 5.31. The van der Waals surface area contributed by atoms with Gasteiger partial charge in [-0.2, -0.15) is 0 Å². The van der Waals surface area contributed by atoms with Crippen molar-refractivity contribution in [1.82, 2.24) is 4.90 Å². The topological polar surface area (TPSA) is 46.6 Å². The van der Waals surface area contributed by atoms with E-state index in [1.165, 1.54) is 17.7 Å². The summed E-state index contributed by atoms with van der Waals surface area (Å²) in [5.41, 5.74) is 0.302. The van der Waals surface area contributed by atoms with Gasteiger partial charge in [0.2, 0.25) is 11.8 Å². The van der Waals surface area contributed by atoms with Gasteiger partial charge in [0.15, 0.2) is 0 Å². The Hall–Kier alpha value is -1.16. The fraction of sp³-hybridized carbons (Fsp3) is 0.750. The van der Waals surface area contributed by atoms with E-state index < -0.39 is 0 Å².